The van der Waals surface area contributed by atoms with Crippen LogP contribution >= 0.6 is 0 Å². The quantitative estimate of drug-likeness (QED) is 0.638. The van der Waals surface area contributed by atoms with E-state index in [-0.39, 0.29) is 30.1 Å². The van der Waals surface area contributed by atoms with Crippen molar-refractivity contribution >= 4 is 17.7 Å². The molecule has 6 nitrogen and oxygen atoms in total. The van der Waals surface area contributed by atoms with Gasteiger partial charge in [-0.15, -0.1) is 0 Å². The van der Waals surface area contributed by atoms with Crippen LogP contribution in [0.3, 0.4) is 0 Å². The number of aromatic hydroxyl groups is 1. The summed E-state index contributed by atoms with van der Waals surface area (Å²) < 4.78 is 0. The standard InChI is InChI=1S/C12H12N2O4/c15-9-4-2-1-3-7(9)11(17)13-8-5-6-10(16)14-12(8)18/h1-4,8,15H,5-6H2,(H,13,17)(H,14,16,18). The summed E-state index contributed by atoms with van der Waals surface area (Å²) in [5.74, 6) is -1.55. The largest absolute Gasteiger partial charge is 0.507 e. The predicted molar refractivity (Wildman–Crippen MR) is 61.7 cm³/mol. The van der Waals surface area contributed by atoms with E-state index in [0.29, 0.717) is 0 Å². The van der Waals surface area contributed by atoms with Gasteiger partial charge in [-0.25, -0.2) is 0 Å². The molecule has 0 saturated carbocycles. The fourth-order valence-corrected chi connectivity index (χ4v) is 1.73. The van der Waals surface area contributed by atoms with Gasteiger partial charge in [0.25, 0.3) is 5.91 Å². The molecule has 94 valence electrons. The molecule has 18 heavy (non-hydrogen) atoms. The Morgan fingerprint density at radius 1 is 1.33 bits per heavy atom. The third kappa shape index (κ3) is 2.48. The normalized spacial score (nSPS) is 19.2. The zero-order valence-corrected chi connectivity index (χ0v) is 9.47. The van der Waals surface area contributed by atoms with Crippen molar-refractivity contribution in [2.24, 2.45) is 0 Å². The molecule has 6 heteroatoms. The van der Waals surface area contributed by atoms with E-state index in [1.807, 2.05) is 0 Å². The van der Waals surface area contributed by atoms with Crippen molar-refractivity contribution in [1.29, 1.82) is 0 Å². The first-order chi connectivity index (χ1) is 8.58. The molecular weight excluding hydrogens is 236 g/mol. The van der Waals surface area contributed by atoms with E-state index in [1.54, 1.807) is 12.1 Å². The molecule has 3 N–H and O–H groups in total. The molecule has 0 radical (unpaired) electrons. The molecule has 1 aliphatic heterocycles. The molecule has 1 aromatic rings. The number of amides is 3. The highest BCUT2D eigenvalue weighted by Gasteiger charge is 2.28. The summed E-state index contributed by atoms with van der Waals surface area (Å²) in [5.41, 5.74) is 0.0993. The van der Waals surface area contributed by atoms with E-state index in [4.69, 9.17) is 0 Å². The summed E-state index contributed by atoms with van der Waals surface area (Å²) in [6.07, 6.45) is 0.460. The van der Waals surface area contributed by atoms with Gasteiger partial charge >= 0.3 is 0 Å². The van der Waals surface area contributed by atoms with Crippen molar-refractivity contribution in [3.8, 4) is 5.75 Å². The van der Waals surface area contributed by atoms with Crippen LogP contribution in [0.1, 0.15) is 23.2 Å². The van der Waals surface area contributed by atoms with E-state index in [0.717, 1.165) is 0 Å². The molecule has 0 bridgehead atoms. The Hall–Kier alpha value is -2.37. The molecule has 1 aromatic carbocycles. The highest BCUT2D eigenvalue weighted by Crippen LogP contribution is 2.16. The van der Waals surface area contributed by atoms with Crippen LogP contribution in [0.2, 0.25) is 0 Å². The summed E-state index contributed by atoms with van der Waals surface area (Å²) in [5, 5.41) is 14.1. The van der Waals surface area contributed by atoms with E-state index in [1.165, 1.54) is 12.1 Å². The van der Waals surface area contributed by atoms with Crippen molar-refractivity contribution < 1.29 is 19.5 Å². The second-order valence-corrected chi connectivity index (χ2v) is 3.99. The third-order valence-corrected chi connectivity index (χ3v) is 2.69. The third-order valence-electron chi connectivity index (χ3n) is 2.69. The van der Waals surface area contributed by atoms with Crippen LogP contribution in [0.25, 0.3) is 0 Å². The van der Waals surface area contributed by atoms with Crippen molar-refractivity contribution in [2.45, 2.75) is 18.9 Å². The van der Waals surface area contributed by atoms with Crippen LogP contribution in [-0.4, -0.2) is 28.9 Å². The Bertz CT molecular complexity index is 513. The number of piperidine rings is 1. The van der Waals surface area contributed by atoms with Crippen molar-refractivity contribution in [1.82, 2.24) is 10.6 Å². The van der Waals surface area contributed by atoms with Gasteiger partial charge in [0.05, 0.1) is 5.56 Å². The number of hydrogen-bond acceptors (Lipinski definition) is 4. The number of phenols is 1. The number of hydrogen-bond donors (Lipinski definition) is 3. The van der Waals surface area contributed by atoms with E-state index in [2.05, 4.69) is 10.6 Å². The van der Waals surface area contributed by atoms with E-state index >= 15 is 0 Å². The van der Waals surface area contributed by atoms with Gasteiger partial charge in [0.15, 0.2) is 0 Å². The smallest absolute Gasteiger partial charge is 0.255 e. The molecule has 0 spiro atoms. The Labute approximate surface area is 103 Å². The first-order valence-electron chi connectivity index (χ1n) is 5.50. The minimum Gasteiger partial charge on any atom is -0.507 e. The van der Waals surface area contributed by atoms with Gasteiger partial charge < -0.3 is 10.4 Å². The van der Waals surface area contributed by atoms with Gasteiger partial charge in [-0.3, -0.25) is 19.7 Å². The lowest BCUT2D eigenvalue weighted by Crippen LogP contribution is -2.52. The molecular formula is C12H12N2O4. The lowest BCUT2D eigenvalue weighted by atomic mass is 10.1. The van der Waals surface area contributed by atoms with Crippen LogP contribution in [-0.2, 0) is 9.59 Å². The maximum Gasteiger partial charge on any atom is 0.255 e. The van der Waals surface area contributed by atoms with Crippen molar-refractivity contribution in [2.75, 3.05) is 0 Å². The number of nitrogens with one attached hydrogen (secondary N) is 2. The molecule has 1 atom stereocenters. The topological polar surface area (TPSA) is 95.5 Å². The zero-order chi connectivity index (χ0) is 13.1. The fraction of sp³-hybridized carbons (Fsp3) is 0.250. The van der Waals surface area contributed by atoms with Crippen LogP contribution < -0.4 is 10.6 Å². The second kappa shape index (κ2) is 4.87. The molecule has 1 saturated heterocycles. The number of rotatable bonds is 2. The van der Waals surface area contributed by atoms with Crippen molar-refractivity contribution in [3.05, 3.63) is 29.8 Å². The summed E-state index contributed by atoms with van der Waals surface area (Å²) in [4.78, 5) is 34.2. The molecule has 2 rings (SSSR count). The maximum atomic E-state index is 11.8. The summed E-state index contributed by atoms with van der Waals surface area (Å²) in [7, 11) is 0. The molecule has 1 aliphatic rings. The second-order valence-electron chi connectivity index (χ2n) is 3.99. The molecule has 1 fully saturated rings. The molecule has 1 unspecified atom stereocenters. The van der Waals surface area contributed by atoms with Gasteiger partial charge in [-0.05, 0) is 18.6 Å². The number of phenolic OH excluding ortho intramolecular Hbond substituents is 1. The van der Waals surface area contributed by atoms with E-state index < -0.39 is 17.9 Å². The number of imide groups is 1. The Kier molecular flexibility index (Phi) is 3.27. The Balaban J connectivity index is 2.06. The first kappa shape index (κ1) is 12.1. The van der Waals surface area contributed by atoms with Crippen LogP contribution in [0.15, 0.2) is 24.3 Å². The van der Waals surface area contributed by atoms with Gasteiger partial charge in [0.2, 0.25) is 11.8 Å². The minimum absolute atomic E-state index is 0.0993. The van der Waals surface area contributed by atoms with Crippen molar-refractivity contribution in [3.63, 3.8) is 0 Å². The average Bonchev–Trinajstić information content (AvgIpc) is 2.33. The van der Waals surface area contributed by atoms with Gasteiger partial charge in [0.1, 0.15) is 11.8 Å². The fourth-order valence-electron chi connectivity index (χ4n) is 1.73. The summed E-state index contributed by atoms with van der Waals surface area (Å²) in [6.45, 7) is 0. The molecule has 0 aliphatic carbocycles. The highest BCUT2D eigenvalue weighted by molar-refractivity contribution is 6.04. The number of para-hydroxylation sites is 1. The molecule has 0 aromatic heterocycles. The lowest BCUT2D eigenvalue weighted by molar-refractivity contribution is -0.134. The number of carbonyl (C=O) groups excluding carboxylic acids is 3. The van der Waals surface area contributed by atoms with Crippen LogP contribution in [0.4, 0.5) is 0 Å². The average molecular weight is 248 g/mol. The first-order valence-corrected chi connectivity index (χ1v) is 5.50. The maximum absolute atomic E-state index is 11.8. The highest BCUT2D eigenvalue weighted by atomic mass is 16.3. The monoisotopic (exact) mass is 248 g/mol. The number of carbonyl (C=O) groups is 3. The minimum atomic E-state index is -0.741. The SMILES string of the molecule is O=C1CCC(NC(=O)c2ccccc2O)C(=O)N1. The van der Waals surface area contributed by atoms with Gasteiger partial charge in [-0.1, -0.05) is 12.1 Å². The van der Waals surface area contributed by atoms with Gasteiger partial charge in [-0.2, -0.15) is 0 Å². The molecule has 3 amide bonds. The van der Waals surface area contributed by atoms with Crippen LogP contribution in [0.5, 0.6) is 5.75 Å². The Morgan fingerprint density at radius 2 is 2.06 bits per heavy atom. The summed E-state index contributed by atoms with van der Waals surface area (Å²) in [6, 6.07) is 5.31. The number of benzene rings is 1. The summed E-state index contributed by atoms with van der Waals surface area (Å²) >= 11 is 0. The molecule has 1 heterocycles. The lowest BCUT2D eigenvalue weighted by Gasteiger charge is -2.21. The predicted octanol–water partition coefficient (Wildman–Crippen LogP) is -0.0728. The Morgan fingerprint density at radius 3 is 2.72 bits per heavy atom. The zero-order valence-electron chi connectivity index (χ0n) is 9.47. The van der Waals surface area contributed by atoms with Crippen LogP contribution in [0, 0.1) is 0 Å². The van der Waals surface area contributed by atoms with Gasteiger partial charge in [0, 0.05) is 6.42 Å². The van der Waals surface area contributed by atoms with E-state index in [9.17, 15) is 19.5 Å².